The number of hydrogen-bond acceptors (Lipinski definition) is 1. The highest BCUT2D eigenvalue weighted by atomic mass is 35.5. The Bertz CT molecular complexity index is 72.1. The summed E-state index contributed by atoms with van der Waals surface area (Å²) in [5, 5.41) is 0. The summed E-state index contributed by atoms with van der Waals surface area (Å²) in [5.74, 6) is 0.178. The molecule has 0 aliphatic heterocycles. The van der Waals surface area contributed by atoms with Crippen molar-refractivity contribution in [2.75, 3.05) is 12.4 Å². The molecule has 5 heteroatoms. The first-order valence-electron chi connectivity index (χ1n) is 1.57. The molecule has 0 heterocycles. The van der Waals surface area contributed by atoms with Gasteiger partial charge >= 0.3 is 0 Å². The van der Waals surface area contributed by atoms with Crippen molar-refractivity contribution < 1.29 is 7.77 Å². The molecule has 0 aliphatic rings. The van der Waals surface area contributed by atoms with Crippen LogP contribution in [0.4, 0.5) is 7.77 Å². The minimum atomic E-state index is -2.77. The Kier molecular flexibility index (Phi) is 4.65. The second-order valence-electron chi connectivity index (χ2n) is 0.738. The van der Waals surface area contributed by atoms with Crippen LogP contribution in [0, 0.1) is 0 Å². The Labute approximate surface area is 48.4 Å². The van der Waals surface area contributed by atoms with Crippen LogP contribution in [0.1, 0.15) is 0 Å². The highest BCUT2D eigenvalue weighted by Crippen LogP contribution is 1.89. The summed E-state index contributed by atoms with van der Waals surface area (Å²) < 4.78 is 24.9. The molecule has 0 atom stereocenters. The predicted octanol–water partition coefficient (Wildman–Crippen LogP) is 1.80. The first kappa shape index (κ1) is 7.30. The van der Waals surface area contributed by atoms with E-state index < -0.39 is 11.5 Å². The summed E-state index contributed by atoms with van der Waals surface area (Å²) in [5.41, 5.74) is 0. The van der Waals surface area contributed by atoms with E-state index >= 15 is 0 Å². The molecule has 0 unspecified atom stereocenters. The van der Waals surface area contributed by atoms with Gasteiger partial charge in [-0.3, -0.25) is 0 Å². The fraction of sp³-hybridized carbons (Fsp3) is 1.00. The van der Waals surface area contributed by atoms with Crippen molar-refractivity contribution in [2.24, 2.45) is 4.36 Å². The quantitative estimate of drug-likeness (QED) is 0.528. The lowest BCUT2D eigenvalue weighted by molar-refractivity contribution is 0.779. The lowest BCUT2D eigenvalue weighted by Gasteiger charge is -1.78. The molecule has 0 amide bonds. The van der Waals surface area contributed by atoms with Gasteiger partial charge in [-0.05, 0) is 0 Å². The third-order valence-electron chi connectivity index (χ3n) is 0.273. The first-order valence-corrected chi connectivity index (χ1v) is 3.09. The van der Waals surface area contributed by atoms with E-state index in [1.54, 1.807) is 0 Å². The molecule has 1 nitrogen and oxygen atoms in total. The van der Waals surface area contributed by atoms with Crippen molar-refractivity contribution in [3.63, 3.8) is 0 Å². The summed E-state index contributed by atoms with van der Waals surface area (Å²) in [4.78, 5) is 0. The second kappa shape index (κ2) is 4.46. The fourth-order valence-corrected chi connectivity index (χ4v) is 0.518. The first-order chi connectivity index (χ1) is 3.27. The molecule has 0 N–H and O–H groups in total. The SMILES string of the molecule is FS(F)=NCCCl. The zero-order chi connectivity index (χ0) is 5.70. The van der Waals surface area contributed by atoms with Crippen LogP contribution in [0.15, 0.2) is 4.36 Å². The Hall–Kier alpha value is 0.300. The molecule has 44 valence electrons. The van der Waals surface area contributed by atoms with E-state index in [9.17, 15) is 7.77 Å². The molecule has 0 aromatic heterocycles. The molecular weight excluding hydrogens is 144 g/mol. The van der Waals surface area contributed by atoms with Gasteiger partial charge in [-0.15, -0.1) is 19.4 Å². The van der Waals surface area contributed by atoms with E-state index in [2.05, 4.69) is 4.36 Å². The number of rotatable bonds is 2. The lowest BCUT2D eigenvalue weighted by Crippen LogP contribution is -1.78. The molecule has 0 saturated carbocycles. The molecule has 7 heavy (non-hydrogen) atoms. The van der Waals surface area contributed by atoms with Gasteiger partial charge in [0.2, 0.25) is 0 Å². The lowest BCUT2D eigenvalue weighted by atomic mass is 10.8. The van der Waals surface area contributed by atoms with Crippen LogP contribution >= 0.6 is 11.6 Å². The van der Waals surface area contributed by atoms with Gasteiger partial charge in [0.15, 0.2) is 0 Å². The van der Waals surface area contributed by atoms with Gasteiger partial charge in [-0.1, -0.05) is 0 Å². The molecule has 0 aliphatic carbocycles. The molecule has 0 fully saturated rings. The van der Waals surface area contributed by atoms with Crippen LogP contribution in [0.5, 0.6) is 0 Å². The van der Waals surface area contributed by atoms with Crippen molar-refractivity contribution in [1.82, 2.24) is 0 Å². The van der Waals surface area contributed by atoms with Crippen LogP contribution < -0.4 is 0 Å². The average Bonchev–Trinajstić information content (AvgIpc) is 1.61. The van der Waals surface area contributed by atoms with Gasteiger partial charge in [0, 0.05) is 5.88 Å². The van der Waals surface area contributed by atoms with Gasteiger partial charge < -0.3 is 0 Å². The normalized spacial score (nSPS) is 9.71. The van der Waals surface area contributed by atoms with Crippen molar-refractivity contribution in [1.29, 1.82) is 0 Å². The van der Waals surface area contributed by atoms with E-state index in [0.29, 0.717) is 0 Å². The summed E-state index contributed by atoms with van der Waals surface area (Å²) >= 11 is 2.25. The van der Waals surface area contributed by atoms with E-state index in [4.69, 9.17) is 11.6 Å². The zero-order valence-corrected chi connectivity index (χ0v) is 4.98. The highest BCUT2D eigenvalue weighted by molar-refractivity contribution is 7.76. The second-order valence-corrected chi connectivity index (χ2v) is 1.77. The van der Waals surface area contributed by atoms with Gasteiger partial charge in [-0.25, -0.2) is 4.36 Å². The standard InChI is InChI=1S/C2H4ClF2NS/c3-1-2-6-7(4)5/h1-2H2. The maximum absolute atomic E-state index is 11.0. The molecule has 0 rings (SSSR count). The van der Waals surface area contributed by atoms with Crippen LogP contribution in [-0.4, -0.2) is 12.4 Å². The number of halogens is 3. The average molecular weight is 148 g/mol. The molecule has 0 radical (unpaired) electrons. The largest absolute Gasteiger partial charge is 0.261 e. The summed E-state index contributed by atoms with van der Waals surface area (Å²) in [6.45, 7) is 0.0532. The van der Waals surface area contributed by atoms with Gasteiger partial charge in [-0.2, -0.15) is 0 Å². The highest BCUT2D eigenvalue weighted by Gasteiger charge is 1.82. The molecule has 0 bridgehead atoms. The molecule has 0 saturated heterocycles. The zero-order valence-electron chi connectivity index (χ0n) is 3.40. The summed E-state index contributed by atoms with van der Waals surface area (Å²) in [6.07, 6.45) is 0. The molecule has 0 aromatic carbocycles. The number of alkyl halides is 1. The van der Waals surface area contributed by atoms with Crippen molar-refractivity contribution >= 4 is 23.1 Å². The molecule has 0 spiro atoms. The van der Waals surface area contributed by atoms with Crippen LogP contribution in [-0.2, 0) is 11.5 Å². The van der Waals surface area contributed by atoms with Gasteiger partial charge in [0.25, 0.3) is 11.5 Å². The van der Waals surface area contributed by atoms with E-state index in [0.717, 1.165) is 0 Å². The summed E-state index contributed by atoms with van der Waals surface area (Å²) in [7, 11) is 0. The summed E-state index contributed by atoms with van der Waals surface area (Å²) in [6, 6.07) is 0. The minimum absolute atomic E-state index is 0.0532. The smallest absolute Gasteiger partial charge is 0.205 e. The van der Waals surface area contributed by atoms with E-state index in [-0.39, 0.29) is 12.4 Å². The van der Waals surface area contributed by atoms with Crippen molar-refractivity contribution in [3.05, 3.63) is 0 Å². The number of hydrogen-bond donors (Lipinski definition) is 0. The van der Waals surface area contributed by atoms with Crippen molar-refractivity contribution in [2.45, 2.75) is 0 Å². The Balaban J connectivity index is 3.08. The van der Waals surface area contributed by atoms with E-state index in [1.807, 2.05) is 0 Å². The predicted molar refractivity (Wildman–Crippen MR) is 27.6 cm³/mol. The third kappa shape index (κ3) is 6.30. The van der Waals surface area contributed by atoms with Crippen molar-refractivity contribution in [3.8, 4) is 0 Å². The monoisotopic (exact) mass is 147 g/mol. The number of nitrogens with zero attached hydrogens (tertiary/aromatic N) is 1. The molecule has 0 aromatic rings. The van der Waals surface area contributed by atoms with Crippen LogP contribution in [0.25, 0.3) is 0 Å². The maximum atomic E-state index is 11.0. The van der Waals surface area contributed by atoms with E-state index in [1.165, 1.54) is 0 Å². The fourth-order valence-electron chi connectivity index (χ4n) is 0.104. The Morgan fingerprint density at radius 3 is 2.29 bits per heavy atom. The Morgan fingerprint density at radius 2 is 2.14 bits per heavy atom. The molecular formula is C2H4ClF2NS. The third-order valence-corrected chi connectivity index (χ3v) is 0.820. The maximum Gasteiger partial charge on any atom is 0.261 e. The van der Waals surface area contributed by atoms with Crippen LogP contribution in [0.2, 0.25) is 0 Å². The minimum Gasteiger partial charge on any atom is -0.205 e. The van der Waals surface area contributed by atoms with Crippen LogP contribution in [0.3, 0.4) is 0 Å². The van der Waals surface area contributed by atoms with Gasteiger partial charge in [0.1, 0.15) is 0 Å². The van der Waals surface area contributed by atoms with Gasteiger partial charge in [0.05, 0.1) is 6.54 Å². The topological polar surface area (TPSA) is 12.4 Å². The Morgan fingerprint density at radius 1 is 1.57 bits per heavy atom.